The highest BCUT2D eigenvalue weighted by atomic mass is 35.5. The minimum absolute atomic E-state index is 0.395. The quantitative estimate of drug-likeness (QED) is 0.464. The van der Waals surface area contributed by atoms with E-state index >= 15 is 0 Å². The maximum absolute atomic E-state index is 12.1. The molecule has 1 aliphatic rings. The molecule has 0 spiro atoms. The van der Waals surface area contributed by atoms with E-state index in [1.807, 2.05) is 30.1 Å². The minimum Gasteiger partial charge on any atom is -0.329 e. The zero-order valence-electron chi connectivity index (χ0n) is 16.0. The Balaban J connectivity index is 1.54. The summed E-state index contributed by atoms with van der Waals surface area (Å²) >= 11 is 6.09. The highest BCUT2D eigenvalue weighted by molar-refractivity contribution is 6.31. The predicted octanol–water partition coefficient (Wildman–Crippen LogP) is 5.89. The lowest BCUT2D eigenvalue weighted by atomic mass is 10.0. The van der Waals surface area contributed by atoms with Crippen molar-refractivity contribution in [3.05, 3.63) is 87.8 Å². The van der Waals surface area contributed by atoms with Crippen molar-refractivity contribution < 1.29 is 0 Å². The van der Waals surface area contributed by atoms with Gasteiger partial charge in [0.15, 0.2) is 0 Å². The van der Waals surface area contributed by atoms with Gasteiger partial charge in [-0.3, -0.25) is 0 Å². The molecule has 0 unspecified atom stereocenters. The Morgan fingerprint density at radius 1 is 1.00 bits per heavy atom. The number of nitrogens with zero attached hydrogens (tertiary/aromatic N) is 2. The van der Waals surface area contributed by atoms with Gasteiger partial charge in [0.1, 0.15) is 5.82 Å². The topological polar surface area (TPSA) is 49.0 Å². The number of aromatic nitrogens is 2. The maximum atomic E-state index is 12.1. The van der Waals surface area contributed by atoms with Crippen LogP contribution in [0, 0.1) is 0 Å². The fourth-order valence-electron chi connectivity index (χ4n) is 3.75. The van der Waals surface area contributed by atoms with E-state index < -0.39 is 5.69 Å². The number of rotatable bonds is 4. The number of fused-ring (bicyclic) bond motifs is 1. The molecule has 1 saturated carbocycles. The molecule has 0 atom stereocenters. The van der Waals surface area contributed by atoms with Crippen LogP contribution < -0.4 is 10.6 Å². The maximum Gasteiger partial charge on any atom is 0.347 e. The summed E-state index contributed by atoms with van der Waals surface area (Å²) in [7, 11) is 1.92. The summed E-state index contributed by atoms with van der Waals surface area (Å²) in [4.78, 5) is 21.0. The van der Waals surface area contributed by atoms with Crippen LogP contribution in [-0.2, 0) is 0 Å². The summed E-state index contributed by atoms with van der Waals surface area (Å²) in [5, 5.41) is 1.42. The molecule has 1 heterocycles. The van der Waals surface area contributed by atoms with Crippen molar-refractivity contribution in [3.63, 3.8) is 0 Å². The van der Waals surface area contributed by atoms with Gasteiger partial charge in [-0.2, -0.15) is 4.98 Å². The Kier molecular flexibility index (Phi) is 4.36. The van der Waals surface area contributed by atoms with Gasteiger partial charge in [0.25, 0.3) is 0 Å². The molecule has 0 aliphatic heterocycles. The number of anilines is 2. The van der Waals surface area contributed by atoms with Crippen LogP contribution in [0.1, 0.15) is 24.3 Å². The molecule has 1 N–H and O–H groups in total. The van der Waals surface area contributed by atoms with Crippen molar-refractivity contribution in [1.29, 1.82) is 0 Å². The first-order chi connectivity index (χ1) is 14.1. The Labute approximate surface area is 173 Å². The number of H-pyrrole nitrogens is 1. The lowest BCUT2D eigenvalue weighted by Crippen LogP contribution is -2.19. The second-order valence-corrected chi connectivity index (χ2v) is 8.00. The molecule has 29 heavy (non-hydrogen) atoms. The second-order valence-electron chi connectivity index (χ2n) is 7.56. The van der Waals surface area contributed by atoms with E-state index in [2.05, 4.69) is 46.4 Å². The largest absolute Gasteiger partial charge is 0.347 e. The van der Waals surface area contributed by atoms with Crippen molar-refractivity contribution in [3.8, 4) is 11.1 Å². The molecule has 4 nitrogen and oxygen atoms in total. The molecule has 1 aliphatic carbocycles. The van der Waals surface area contributed by atoms with Crippen molar-refractivity contribution in [2.75, 3.05) is 11.9 Å². The van der Waals surface area contributed by atoms with Gasteiger partial charge in [-0.25, -0.2) is 4.79 Å². The second kappa shape index (κ2) is 7.05. The third-order valence-electron chi connectivity index (χ3n) is 5.52. The van der Waals surface area contributed by atoms with Crippen molar-refractivity contribution in [2.24, 2.45) is 0 Å². The third kappa shape index (κ3) is 3.52. The van der Waals surface area contributed by atoms with E-state index in [-0.39, 0.29) is 0 Å². The average Bonchev–Trinajstić information content (AvgIpc) is 3.58. The zero-order chi connectivity index (χ0) is 20.0. The summed E-state index contributed by atoms with van der Waals surface area (Å²) in [5.74, 6) is 1.35. The van der Waals surface area contributed by atoms with E-state index in [4.69, 9.17) is 11.6 Å². The number of halogens is 1. The highest BCUT2D eigenvalue weighted by Crippen LogP contribution is 2.40. The highest BCUT2D eigenvalue weighted by Gasteiger charge is 2.23. The molecule has 144 valence electrons. The molecule has 5 heteroatoms. The summed E-state index contributed by atoms with van der Waals surface area (Å²) < 4.78 is 0. The number of hydrogen-bond donors (Lipinski definition) is 1. The molecule has 1 fully saturated rings. The van der Waals surface area contributed by atoms with Crippen molar-refractivity contribution in [1.82, 2.24) is 9.97 Å². The molecular formula is C24H20ClN3O. The summed E-state index contributed by atoms with van der Waals surface area (Å²) in [5.41, 5.74) is 4.98. The molecule has 3 aromatic carbocycles. The minimum atomic E-state index is -0.395. The van der Waals surface area contributed by atoms with Crippen LogP contribution >= 0.6 is 11.6 Å². The number of nitrogens with one attached hydrogen (secondary N) is 1. The number of benzene rings is 3. The lowest BCUT2D eigenvalue weighted by Gasteiger charge is -2.20. The zero-order valence-corrected chi connectivity index (χ0v) is 16.8. The fourth-order valence-corrected chi connectivity index (χ4v) is 3.92. The number of aromatic amines is 1. The fraction of sp³-hybridized carbons (Fsp3) is 0.167. The van der Waals surface area contributed by atoms with Gasteiger partial charge in [-0.05, 0) is 65.8 Å². The van der Waals surface area contributed by atoms with Gasteiger partial charge >= 0.3 is 5.69 Å². The van der Waals surface area contributed by atoms with Crippen LogP contribution in [0.2, 0.25) is 5.02 Å². The standard InChI is InChI=1S/C24H20ClN3O/c1-28(23-21-12-11-19(25)14-22(21)26-24(29)27-23)20-4-2-3-18(13-20)17-9-7-16(8-10-17)15-5-6-15/h2-4,7-15H,5-6H2,1H3,(H,26,27,29). The SMILES string of the molecule is CN(c1cccc(-c2ccc(C3CC3)cc2)c1)c1nc(=O)[nH]c2cc(Cl)ccc12. The van der Waals surface area contributed by atoms with Crippen LogP contribution in [-0.4, -0.2) is 17.0 Å². The first kappa shape index (κ1) is 18.0. The van der Waals surface area contributed by atoms with Crippen LogP contribution in [0.15, 0.2) is 71.5 Å². The first-order valence-electron chi connectivity index (χ1n) is 9.72. The summed E-state index contributed by atoms with van der Waals surface area (Å²) in [6, 6.07) is 22.6. The van der Waals surface area contributed by atoms with Gasteiger partial charge in [0.2, 0.25) is 0 Å². The Morgan fingerprint density at radius 2 is 1.79 bits per heavy atom. The summed E-state index contributed by atoms with van der Waals surface area (Å²) in [6.07, 6.45) is 2.62. The monoisotopic (exact) mass is 401 g/mol. The molecule has 4 aromatic rings. The van der Waals surface area contributed by atoms with E-state index in [0.29, 0.717) is 16.4 Å². The Hall–Kier alpha value is -3.11. The van der Waals surface area contributed by atoms with Crippen LogP contribution in [0.4, 0.5) is 11.5 Å². The molecular weight excluding hydrogens is 382 g/mol. The van der Waals surface area contributed by atoms with Gasteiger partial charge < -0.3 is 9.88 Å². The van der Waals surface area contributed by atoms with Gasteiger partial charge in [0, 0.05) is 23.1 Å². The predicted molar refractivity (Wildman–Crippen MR) is 119 cm³/mol. The average molecular weight is 402 g/mol. The van der Waals surface area contributed by atoms with Gasteiger partial charge in [0.05, 0.1) is 5.52 Å². The van der Waals surface area contributed by atoms with E-state index in [1.165, 1.54) is 24.0 Å². The molecule has 0 saturated heterocycles. The van der Waals surface area contributed by atoms with E-state index in [1.54, 1.807) is 12.1 Å². The van der Waals surface area contributed by atoms with Crippen LogP contribution in [0.25, 0.3) is 22.0 Å². The van der Waals surface area contributed by atoms with Crippen LogP contribution in [0.5, 0.6) is 0 Å². The lowest BCUT2D eigenvalue weighted by molar-refractivity contribution is 1.06. The number of hydrogen-bond acceptors (Lipinski definition) is 3. The molecule has 0 bridgehead atoms. The van der Waals surface area contributed by atoms with E-state index in [0.717, 1.165) is 22.6 Å². The molecule has 5 rings (SSSR count). The van der Waals surface area contributed by atoms with Gasteiger partial charge in [-0.15, -0.1) is 0 Å². The van der Waals surface area contributed by atoms with Gasteiger partial charge in [-0.1, -0.05) is 48.0 Å². The Bertz CT molecular complexity index is 1260. The first-order valence-corrected chi connectivity index (χ1v) is 10.1. The smallest absolute Gasteiger partial charge is 0.329 e. The Morgan fingerprint density at radius 3 is 2.55 bits per heavy atom. The van der Waals surface area contributed by atoms with Crippen LogP contribution in [0.3, 0.4) is 0 Å². The van der Waals surface area contributed by atoms with E-state index in [9.17, 15) is 4.79 Å². The molecule has 1 aromatic heterocycles. The summed E-state index contributed by atoms with van der Waals surface area (Å²) in [6.45, 7) is 0. The van der Waals surface area contributed by atoms with Crippen molar-refractivity contribution >= 4 is 34.0 Å². The normalized spacial score (nSPS) is 13.6. The van der Waals surface area contributed by atoms with Crippen molar-refractivity contribution in [2.45, 2.75) is 18.8 Å². The molecule has 0 radical (unpaired) electrons. The third-order valence-corrected chi connectivity index (χ3v) is 5.75. The molecule has 0 amide bonds.